The summed E-state index contributed by atoms with van der Waals surface area (Å²) in [6.07, 6.45) is 3.75. The molecule has 142 valence electrons. The molecule has 1 N–H and O–H groups in total. The normalized spacial score (nSPS) is 18.2. The van der Waals surface area contributed by atoms with Crippen molar-refractivity contribution in [2.75, 3.05) is 11.9 Å². The molecule has 0 bridgehead atoms. The van der Waals surface area contributed by atoms with E-state index in [2.05, 4.69) is 5.32 Å². The van der Waals surface area contributed by atoms with Gasteiger partial charge in [0.2, 0.25) is 11.8 Å². The first-order valence-electron chi connectivity index (χ1n) is 9.29. The summed E-state index contributed by atoms with van der Waals surface area (Å²) >= 11 is 0. The van der Waals surface area contributed by atoms with Crippen LogP contribution in [0.15, 0.2) is 77.6 Å². The molecule has 0 radical (unpaired) electrons. The predicted octanol–water partition coefficient (Wildman–Crippen LogP) is 3.44. The van der Waals surface area contributed by atoms with Crippen LogP contribution in [0.25, 0.3) is 0 Å². The summed E-state index contributed by atoms with van der Waals surface area (Å²) in [5, 5.41) is 2.92. The van der Waals surface area contributed by atoms with E-state index in [1.807, 2.05) is 60.7 Å². The largest absolute Gasteiger partial charge is 0.472 e. The van der Waals surface area contributed by atoms with Crippen molar-refractivity contribution in [2.24, 2.45) is 0 Å². The second-order valence-electron chi connectivity index (χ2n) is 7.21. The molecule has 0 saturated heterocycles. The van der Waals surface area contributed by atoms with Crippen molar-refractivity contribution in [3.05, 3.63) is 89.9 Å². The Kier molecular flexibility index (Phi) is 4.74. The van der Waals surface area contributed by atoms with Gasteiger partial charge in [-0.05, 0) is 29.7 Å². The molecule has 1 atom stereocenters. The van der Waals surface area contributed by atoms with E-state index in [0.29, 0.717) is 13.0 Å². The highest BCUT2D eigenvalue weighted by atomic mass is 16.3. The van der Waals surface area contributed by atoms with E-state index in [1.54, 1.807) is 24.5 Å². The molecule has 5 nitrogen and oxygen atoms in total. The van der Waals surface area contributed by atoms with Crippen LogP contribution in [-0.2, 0) is 28.0 Å². The number of nitrogens with one attached hydrogen (secondary N) is 1. The van der Waals surface area contributed by atoms with E-state index in [0.717, 1.165) is 22.4 Å². The summed E-state index contributed by atoms with van der Waals surface area (Å²) in [5.41, 5.74) is 2.79. The molecule has 2 amide bonds. The third-order valence-electron chi connectivity index (χ3n) is 5.38. The maximum absolute atomic E-state index is 13.4. The van der Waals surface area contributed by atoms with Crippen molar-refractivity contribution < 1.29 is 14.0 Å². The monoisotopic (exact) mass is 374 g/mol. The van der Waals surface area contributed by atoms with Gasteiger partial charge in [0.1, 0.15) is 0 Å². The predicted molar refractivity (Wildman–Crippen MR) is 107 cm³/mol. The lowest BCUT2D eigenvalue weighted by Gasteiger charge is -2.28. The first kappa shape index (κ1) is 18.0. The first-order valence-corrected chi connectivity index (χ1v) is 9.29. The summed E-state index contributed by atoms with van der Waals surface area (Å²) in [6, 6.07) is 19.4. The molecule has 0 saturated carbocycles. The van der Waals surface area contributed by atoms with Gasteiger partial charge in [0.25, 0.3) is 0 Å². The zero-order valence-corrected chi connectivity index (χ0v) is 15.7. The number of carbonyl (C=O) groups excluding carboxylic acids is 2. The van der Waals surface area contributed by atoms with E-state index >= 15 is 0 Å². The van der Waals surface area contributed by atoms with Gasteiger partial charge in [-0.2, -0.15) is 0 Å². The van der Waals surface area contributed by atoms with E-state index in [1.165, 1.54) is 0 Å². The third kappa shape index (κ3) is 3.20. The Morgan fingerprint density at radius 2 is 1.79 bits per heavy atom. The summed E-state index contributed by atoms with van der Waals surface area (Å²) in [5.74, 6) is -0.202. The molecule has 2 aromatic carbocycles. The number of nitrogens with zero attached hydrogens (tertiary/aromatic N) is 1. The SMILES string of the molecule is CN1C(=O)C(CC(=O)NCc2ccoc2)(Cc2ccccc2)c2ccccc21. The van der Waals surface area contributed by atoms with Crippen LogP contribution in [0.3, 0.4) is 0 Å². The van der Waals surface area contributed by atoms with Crippen molar-refractivity contribution in [3.8, 4) is 0 Å². The first-order chi connectivity index (χ1) is 13.6. The van der Waals surface area contributed by atoms with Crippen LogP contribution in [0.4, 0.5) is 5.69 Å². The number of para-hydroxylation sites is 1. The second kappa shape index (κ2) is 7.35. The number of carbonyl (C=O) groups is 2. The third-order valence-corrected chi connectivity index (χ3v) is 5.38. The number of fused-ring (bicyclic) bond motifs is 1. The van der Waals surface area contributed by atoms with E-state index < -0.39 is 5.41 Å². The number of likely N-dealkylation sites (N-methyl/N-ethyl adjacent to an activating group) is 1. The van der Waals surface area contributed by atoms with Crippen molar-refractivity contribution in [1.82, 2.24) is 5.32 Å². The Morgan fingerprint density at radius 3 is 2.54 bits per heavy atom. The van der Waals surface area contributed by atoms with Crippen molar-refractivity contribution >= 4 is 17.5 Å². The molecule has 0 fully saturated rings. The smallest absolute Gasteiger partial charge is 0.238 e. The van der Waals surface area contributed by atoms with Crippen molar-refractivity contribution in [1.29, 1.82) is 0 Å². The lowest BCUT2D eigenvalue weighted by atomic mass is 9.73. The highest BCUT2D eigenvalue weighted by Gasteiger charge is 2.50. The number of anilines is 1. The Labute approximate surface area is 164 Å². The summed E-state index contributed by atoms with van der Waals surface area (Å²) in [4.78, 5) is 27.9. The molecule has 1 unspecified atom stereocenters. The lowest BCUT2D eigenvalue weighted by molar-refractivity contribution is -0.129. The average molecular weight is 374 g/mol. The minimum atomic E-state index is -0.910. The molecule has 28 heavy (non-hydrogen) atoms. The molecule has 1 aliphatic heterocycles. The highest BCUT2D eigenvalue weighted by Crippen LogP contribution is 2.45. The van der Waals surface area contributed by atoms with Gasteiger partial charge in [-0.3, -0.25) is 9.59 Å². The molecular weight excluding hydrogens is 352 g/mol. The zero-order chi connectivity index (χ0) is 19.6. The molecule has 1 aromatic heterocycles. The quantitative estimate of drug-likeness (QED) is 0.719. The Balaban J connectivity index is 1.66. The van der Waals surface area contributed by atoms with Crippen LogP contribution in [-0.4, -0.2) is 18.9 Å². The van der Waals surface area contributed by atoms with Crippen LogP contribution in [0.1, 0.15) is 23.1 Å². The second-order valence-corrected chi connectivity index (χ2v) is 7.21. The van der Waals surface area contributed by atoms with Crippen LogP contribution >= 0.6 is 0 Å². The average Bonchev–Trinajstić information content (AvgIpc) is 3.31. The van der Waals surface area contributed by atoms with Gasteiger partial charge >= 0.3 is 0 Å². The molecule has 0 spiro atoms. The molecule has 3 aromatic rings. The van der Waals surface area contributed by atoms with Gasteiger partial charge in [-0.25, -0.2) is 0 Å². The molecule has 5 heteroatoms. The molecule has 4 rings (SSSR count). The highest BCUT2D eigenvalue weighted by molar-refractivity contribution is 6.09. The summed E-state index contributed by atoms with van der Waals surface area (Å²) in [6.45, 7) is 0.377. The van der Waals surface area contributed by atoms with Gasteiger partial charge in [-0.15, -0.1) is 0 Å². The zero-order valence-electron chi connectivity index (χ0n) is 15.7. The molecule has 1 aliphatic rings. The minimum Gasteiger partial charge on any atom is -0.472 e. The van der Waals surface area contributed by atoms with Crippen LogP contribution in [0.2, 0.25) is 0 Å². The fourth-order valence-electron chi connectivity index (χ4n) is 4.00. The summed E-state index contributed by atoms with van der Waals surface area (Å²) in [7, 11) is 1.78. The number of rotatable bonds is 6. The van der Waals surface area contributed by atoms with Crippen LogP contribution < -0.4 is 10.2 Å². The van der Waals surface area contributed by atoms with Gasteiger partial charge < -0.3 is 14.6 Å². The molecule has 2 heterocycles. The van der Waals surface area contributed by atoms with E-state index in [-0.39, 0.29) is 18.2 Å². The van der Waals surface area contributed by atoms with Gasteiger partial charge in [0.15, 0.2) is 0 Å². The van der Waals surface area contributed by atoms with Gasteiger partial charge in [0.05, 0.1) is 17.9 Å². The van der Waals surface area contributed by atoms with Crippen molar-refractivity contribution in [3.63, 3.8) is 0 Å². The molecular formula is C23H22N2O3. The lowest BCUT2D eigenvalue weighted by Crippen LogP contribution is -2.44. The number of benzene rings is 2. The standard InChI is InChI=1S/C23H22N2O3/c1-25-20-10-6-5-9-19(20)23(22(25)27,13-17-7-3-2-4-8-17)14-21(26)24-15-18-11-12-28-16-18/h2-12,16H,13-15H2,1H3,(H,24,26). The fraction of sp³-hybridized carbons (Fsp3) is 0.217. The van der Waals surface area contributed by atoms with Crippen molar-refractivity contribution in [2.45, 2.75) is 24.8 Å². The summed E-state index contributed by atoms with van der Waals surface area (Å²) < 4.78 is 5.04. The Bertz CT molecular complexity index is 982. The number of hydrogen-bond acceptors (Lipinski definition) is 3. The van der Waals surface area contributed by atoms with Crippen LogP contribution in [0.5, 0.6) is 0 Å². The number of amides is 2. The fourth-order valence-corrected chi connectivity index (χ4v) is 4.00. The number of hydrogen-bond donors (Lipinski definition) is 1. The van der Waals surface area contributed by atoms with E-state index in [4.69, 9.17) is 4.42 Å². The van der Waals surface area contributed by atoms with Crippen LogP contribution in [0, 0.1) is 0 Å². The Morgan fingerprint density at radius 1 is 1.04 bits per heavy atom. The maximum Gasteiger partial charge on any atom is 0.238 e. The number of furan rings is 1. The van der Waals surface area contributed by atoms with Gasteiger partial charge in [-0.1, -0.05) is 48.5 Å². The minimum absolute atomic E-state index is 0.0454. The topological polar surface area (TPSA) is 62.6 Å². The van der Waals surface area contributed by atoms with Gasteiger partial charge in [0, 0.05) is 31.3 Å². The Hall–Kier alpha value is -3.34. The molecule has 0 aliphatic carbocycles. The van der Waals surface area contributed by atoms with E-state index in [9.17, 15) is 9.59 Å². The maximum atomic E-state index is 13.4.